The Bertz CT molecular complexity index is 1080. The Morgan fingerprint density at radius 3 is 2.63 bits per heavy atom. The first-order valence-corrected chi connectivity index (χ1v) is 9.73. The number of rotatable bonds is 7. The van der Waals surface area contributed by atoms with Gasteiger partial charge in [-0.2, -0.15) is 0 Å². The summed E-state index contributed by atoms with van der Waals surface area (Å²) in [6, 6.07) is 15.2. The molecule has 0 aliphatic rings. The van der Waals surface area contributed by atoms with Gasteiger partial charge < -0.3 is 21.8 Å². The van der Waals surface area contributed by atoms with Crippen molar-refractivity contribution in [2.45, 2.75) is 33.4 Å². The maximum Gasteiger partial charge on any atom is 0.217 e. The van der Waals surface area contributed by atoms with Crippen molar-refractivity contribution in [2.75, 3.05) is 5.32 Å². The van der Waals surface area contributed by atoms with Gasteiger partial charge >= 0.3 is 0 Å². The fraction of sp³-hybridized carbons (Fsp3) is 0.217. The van der Waals surface area contributed by atoms with Crippen molar-refractivity contribution in [3.05, 3.63) is 71.0 Å². The topological polar surface area (TPSA) is 117 Å². The maximum absolute atomic E-state index is 11.5. The van der Waals surface area contributed by atoms with Crippen LogP contribution in [0, 0.1) is 12.3 Å². The number of nitrogens with zero attached hydrogens (tertiary/aromatic N) is 2. The van der Waals surface area contributed by atoms with Gasteiger partial charge in [0.05, 0.1) is 11.4 Å². The molecule has 7 heteroatoms. The largest absolute Gasteiger partial charge is 0.352 e. The normalized spacial score (nSPS) is 11.6. The van der Waals surface area contributed by atoms with Crippen molar-refractivity contribution in [2.24, 2.45) is 5.73 Å². The fourth-order valence-electron chi connectivity index (χ4n) is 3.12. The van der Waals surface area contributed by atoms with Gasteiger partial charge in [0.25, 0.3) is 0 Å². The fourth-order valence-corrected chi connectivity index (χ4v) is 3.12. The number of aromatic nitrogens is 2. The number of hydrogen-bond acceptors (Lipinski definition) is 6. The number of benzene rings is 1. The summed E-state index contributed by atoms with van der Waals surface area (Å²) in [5.74, 6) is 0.543. The van der Waals surface area contributed by atoms with Gasteiger partial charge in [-0.15, -0.1) is 0 Å². The third kappa shape index (κ3) is 5.07. The van der Waals surface area contributed by atoms with Crippen LogP contribution in [0.15, 0.2) is 48.5 Å². The first kappa shape index (κ1) is 21.1. The van der Waals surface area contributed by atoms with E-state index in [9.17, 15) is 4.79 Å². The van der Waals surface area contributed by atoms with Gasteiger partial charge in [-0.1, -0.05) is 12.1 Å². The molecule has 0 aliphatic heterocycles. The Labute approximate surface area is 176 Å². The molecule has 5 N–H and O–H groups in total. The molecule has 0 saturated carbocycles. The average Bonchev–Trinajstić information content (AvgIpc) is 2.72. The lowest BCUT2D eigenvalue weighted by molar-refractivity contribution is -0.119. The molecule has 0 saturated heterocycles. The Morgan fingerprint density at radius 2 is 1.97 bits per heavy atom. The van der Waals surface area contributed by atoms with E-state index < -0.39 is 0 Å². The summed E-state index contributed by atoms with van der Waals surface area (Å²) in [5, 5.41) is 14.1. The van der Waals surface area contributed by atoms with E-state index in [2.05, 4.69) is 20.6 Å². The number of pyridine rings is 2. The Hall–Kier alpha value is -3.58. The van der Waals surface area contributed by atoms with Crippen LogP contribution < -0.4 is 16.4 Å². The molecular weight excluding hydrogens is 376 g/mol. The van der Waals surface area contributed by atoms with Crippen LogP contribution in [-0.2, 0) is 11.3 Å². The number of amides is 1. The second-order valence-corrected chi connectivity index (χ2v) is 7.18. The summed E-state index contributed by atoms with van der Waals surface area (Å²) in [5.41, 5.74) is 11.5. The van der Waals surface area contributed by atoms with Crippen LogP contribution in [0.25, 0.3) is 11.3 Å². The van der Waals surface area contributed by atoms with Crippen molar-refractivity contribution in [1.82, 2.24) is 15.3 Å². The van der Waals surface area contributed by atoms with Crippen LogP contribution >= 0.6 is 0 Å². The predicted molar refractivity (Wildman–Crippen MR) is 120 cm³/mol. The summed E-state index contributed by atoms with van der Waals surface area (Å²) < 4.78 is 0. The predicted octanol–water partition coefficient (Wildman–Crippen LogP) is 3.85. The first-order chi connectivity index (χ1) is 14.4. The maximum atomic E-state index is 11.5. The summed E-state index contributed by atoms with van der Waals surface area (Å²) in [6.07, 6.45) is 1.28. The molecule has 3 rings (SSSR count). The smallest absolute Gasteiger partial charge is 0.217 e. The molecule has 1 amide bonds. The second-order valence-electron chi connectivity index (χ2n) is 7.18. The number of carbonyl (C=O) groups excluding carboxylic acids is 1. The molecule has 1 unspecified atom stereocenters. The second kappa shape index (κ2) is 9.28. The highest BCUT2D eigenvalue weighted by molar-refractivity contribution is 5.91. The zero-order chi connectivity index (χ0) is 21.7. The summed E-state index contributed by atoms with van der Waals surface area (Å²) >= 11 is 0. The first-order valence-electron chi connectivity index (χ1n) is 9.73. The highest BCUT2D eigenvalue weighted by Gasteiger charge is 2.14. The molecular formula is C23H26N6O. The van der Waals surface area contributed by atoms with E-state index in [1.165, 1.54) is 13.1 Å². The van der Waals surface area contributed by atoms with Crippen molar-refractivity contribution < 1.29 is 4.79 Å². The van der Waals surface area contributed by atoms with Crippen LogP contribution in [0.3, 0.4) is 0 Å². The minimum atomic E-state index is -0.182. The van der Waals surface area contributed by atoms with E-state index in [1.54, 1.807) is 0 Å². The van der Waals surface area contributed by atoms with Gasteiger partial charge in [0.15, 0.2) is 0 Å². The van der Waals surface area contributed by atoms with E-state index in [4.69, 9.17) is 11.1 Å². The number of carbonyl (C=O) groups is 1. The summed E-state index contributed by atoms with van der Waals surface area (Å²) in [6.45, 7) is 5.59. The number of anilines is 2. The average molecular weight is 403 g/mol. The lowest BCUT2D eigenvalue weighted by Crippen LogP contribution is -2.20. The highest BCUT2D eigenvalue weighted by Crippen LogP contribution is 2.30. The van der Waals surface area contributed by atoms with E-state index in [1.807, 2.05) is 62.4 Å². The molecule has 154 valence electrons. The molecule has 30 heavy (non-hydrogen) atoms. The molecule has 1 atom stereocenters. The zero-order valence-electron chi connectivity index (χ0n) is 17.4. The Morgan fingerprint density at radius 1 is 1.20 bits per heavy atom. The van der Waals surface area contributed by atoms with Crippen molar-refractivity contribution in [3.8, 4) is 11.3 Å². The van der Waals surface area contributed by atoms with E-state index in [-0.39, 0.29) is 11.9 Å². The molecule has 0 radical (unpaired) electrons. The van der Waals surface area contributed by atoms with Crippen LogP contribution in [0.4, 0.5) is 11.5 Å². The van der Waals surface area contributed by atoms with Crippen molar-refractivity contribution in [3.63, 3.8) is 0 Å². The van der Waals surface area contributed by atoms with E-state index in [0.717, 1.165) is 28.2 Å². The van der Waals surface area contributed by atoms with Gasteiger partial charge in [0, 0.05) is 48.2 Å². The molecule has 0 spiro atoms. The standard InChI is InChI=1S/C23H26N6O/c1-14-6-4-9-23(27-14)29-22-11-17(21-8-5-7-20(28-21)15(2)25)10-18(19(22)12-24)13-26-16(3)30/h4-12,15,24H,13,25H2,1-3H3,(H,26,30)(H,27,29). The Balaban J connectivity index is 2.12. The minimum Gasteiger partial charge on any atom is -0.352 e. The SMILES string of the molecule is CC(=O)NCc1cc(-c2cccc(C(C)N)n2)cc(Nc2cccc(C)n2)c1C=N. The monoisotopic (exact) mass is 402 g/mol. The molecule has 3 aromatic rings. The molecule has 1 aromatic carbocycles. The minimum absolute atomic E-state index is 0.136. The third-order valence-corrected chi connectivity index (χ3v) is 4.62. The van der Waals surface area contributed by atoms with E-state index >= 15 is 0 Å². The third-order valence-electron chi connectivity index (χ3n) is 4.62. The molecule has 7 nitrogen and oxygen atoms in total. The lowest BCUT2D eigenvalue weighted by atomic mass is 9.99. The van der Waals surface area contributed by atoms with Crippen molar-refractivity contribution in [1.29, 1.82) is 5.41 Å². The van der Waals surface area contributed by atoms with Gasteiger partial charge in [0.1, 0.15) is 5.82 Å². The van der Waals surface area contributed by atoms with Crippen LogP contribution in [0.1, 0.15) is 42.4 Å². The number of hydrogen-bond donors (Lipinski definition) is 4. The molecule has 0 fully saturated rings. The molecule has 0 aliphatic carbocycles. The Kier molecular flexibility index (Phi) is 6.54. The van der Waals surface area contributed by atoms with E-state index in [0.29, 0.717) is 23.6 Å². The number of aryl methyl sites for hydroxylation is 1. The number of nitrogens with one attached hydrogen (secondary N) is 3. The van der Waals surface area contributed by atoms with Gasteiger partial charge in [-0.25, -0.2) is 4.98 Å². The quantitative estimate of drug-likeness (QED) is 0.448. The van der Waals surface area contributed by atoms with Gasteiger partial charge in [-0.05, 0) is 55.8 Å². The molecule has 2 heterocycles. The van der Waals surface area contributed by atoms with Crippen LogP contribution in [0.2, 0.25) is 0 Å². The van der Waals surface area contributed by atoms with Gasteiger partial charge in [-0.3, -0.25) is 9.78 Å². The van der Waals surface area contributed by atoms with Crippen LogP contribution in [-0.4, -0.2) is 22.1 Å². The highest BCUT2D eigenvalue weighted by atomic mass is 16.1. The van der Waals surface area contributed by atoms with Gasteiger partial charge in [0.2, 0.25) is 5.91 Å². The molecule has 0 bridgehead atoms. The van der Waals surface area contributed by atoms with Crippen LogP contribution in [0.5, 0.6) is 0 Å². The molecule has 2 aromatic heterocycles. The zero-order valence-corrected chi connectivity index (χ0v) is 17.4. The summed E-state index contributed by atoms with van der Waals surface area (Å²) in [4.78, 5) is 20.7. The lowest BCUT2D eigenvalue weighted by Gasteiger charge is -2.17. The number of nitrogens with two attached hydrogens (primary N) is 1. The summed E-state index contributed by atoms with van der Waals surface area (Å²) in [7, 11) is 0. The van der Waals surface area contributed by atoms with Crippen molar-refractivity contribution >= 4 is 23.6 Å².